The Bertz CT molecular complexity index is 279. The fourth-order valence-corrected chi connectivity index (χ4v) is 16.1. The first kappa shape index (κ1) is 21.5. The van der Waals surface area contributed by atoms with E-state index >= 15 is 0 Å². The molecule has 21 heavy (non-hydrogen) atoms. The third kappa shape index (κ3) is 13.9. The van der Waals surface area contributed by atoms with Gasteiger partial charge in [0, 0.05) is 0 Å². The highest BCUT2D eigenvalue weighted by Crippen LogP contribution is 2.24. The number of nitrogens with one attached hydrogen (secondary N) is 1. The van der Waals surface area contributed by atoms with Gasteiger partial charge in [-0.15, -0.1) is 0 Å². The Kier molecular flexibility index (Phi) is 9.86. The van der Waals surface area contributed by atoms with Crippen LogP contribution < -0.4 is 5.32 Å². The molecule has 0 saturated heterocycles. The summed E-state index contributed by atoms with van der Waals surface area (Å²) in [6.07, 6.45) is 6.68. The van der Waals surface area contributed by atoms with Crippen LogP contribution in [-0.2, 0) is 8.23 Å². The van der Waals surface area contributed by atoms with Crippen LogP contribution >= 0.6 is 0 Å². The molecule has 128 valence electrons. The zero-order valence-electron chi connectivity index (χ0n) is 15.8. The minimum absolute atomic E-state index is 1.15. The molecule has 0 aliphatic carbocycles. The second-order valence-corrected chi connectivity index (χ2v) is 20.8. The predicted molar refractivity (Wildman–Crippen MR) is 102 cm³/mol. The van der Waals surface area contributed by atoms with Crippen LogP contribution in [0.2, 0.25) is 51.9 Å². The lowest BCUT2D eigenvalue weighted by Crippen LogP contribution is -2.51. The molecule has 0 fully saturated rings. The van der Waals surface area contributed by atoms with Crippen LogP contribution in [0.5, 0.6) is 0 Å². The average molecular weight is 350 g/mol. The Morgan fingerprint density at radius 1 is 0.714 bits per heavy atom. The third-order valence-corrected chi connectivity index (χ3v) is 13.4. The van der Waals surface area contributed by atoms with Crippen molar-refractivity contribution in [1.29, 1.82) is 0 Å². The Hall–Kier alpha value is 0.531. The zero-order valence-corrected chi connectivity index (χ0v) is 18.8. The minimum Gasteiger partial charge on any atom is -0.437 e. The van der Waals surface area contributed by atoms with Crippen molar-refractivity contribution in [3.8, 4) is 0 Å². The largest absolute Gasteiger partial charge is 0.437 e. The van der Waals surface area contributed by atoms with E-state index in [1.54, 1.807) is 0 Å². The molecule has 0 amide bonds. The van der Waals surface area contributed by atoms with E-state index in [2.05, 4.69) is 51.1 Å². The van der Waals surface area contributed by atoms with Crippen molar-refractivity contribution in [2.45, 2.75) is 84.0 Å². The number of hydrogen-bond donors (Lipinski definition) is 1. The van der Waals surface area contributed by atoms with Gasteiger partial charge in [-0.25, -0.2) is 0 Å². The van der Waals surface area contributed by atoms with Gasteiger partial charge in [0.1, 0.15) is 0 Å². The molecule has 0 aliphatic heterocycles. The van der Waals surface area contributed by atoms with E-state index in [4.69, 9.17) is 8.23 Å². The van der Waals surface area contributed by atoms with Crippen LogP contribution in [0, 0.1) is 0 Å². The van der Waals surface area contributed by atoms with Crippen molar-refractivity contribution in [2.24, 2.45) is 0 Å². The third-order valence-electron chi connectivity index (χ3n) is 3.28. The summed E-state index contributed by atoms with van der Waals surface area (Å²) in [5.74, 6) is 0. The quantitative estimate of drug-likeness (QED) is 0.400. The molecule has 0 spiro atoms. The van der Waals surface area contributed by atoms with Crippen molar-refractivity contribution in [3.05, 3.63) is 0 Å². The lowest BCUT2D eigenvalue weighted by atomic mass is 10.1. The summed E-state index contributed by atoms with van der Waals surface area (Å²) >= 11 is 0. The zero-order chi connectivity index (χ0) is 16.6. The summed E-state index contributed by atoms with van der Waals surface area (Å²) in [5, 5.41) is 3.21. The van der Waals surface area contributed by atoms with Crippen LogP contribution in [0.3, 0.4) is 0 Å². The van der Waals surface area contributed by atoms with Crippen molar-refractivity contribution >= 4 is 25.2 Å². The van der Waals surface area contributed by atoms with Gasteiger partial charge in [-0.05, 0) is 71.9 Å². The van der Waals surface area contributed by atoms with Crippen molar-refractivity contribution in [1.82, 2.24) is 5.32 Å². The molecule has 0 aromatic rings. The fraction of sp³-hybridized carbons (Fsp3) is 1.00. The maximum atomic E-state index is 6.53. The fourth-order valence-electron chi connectivity index (χ4n) is 2.86. The summed E-state index contributed by atoms with van der Waals surface area (Å²) in [6, 6.07) is 1.27. The van der Waals surface area contributed by atoms with E-state index in [9.17, 15) is 0 Å². The molecule has 0 heterocycles. The molecule has 6 heteroatoms. The van der Waals surface area contributed by atoms with Gasteiger partial charge in [0.25, 0.3) is 0 Å². The maximum absolute atomic E-state index is 6.53. The molecule has 0 aromatic heterocycles. The monoisotopic (exact) mass is 349 g/mol. The van der Waals surface area contributed by atoms with Crippen molar-refractivity contribution in [2.75, 3.05) is 13.6 Å². The van der Waals surface area contributed by atoms with Gasteiger partial charge in [-0.1, -0.05) is 25.7 Å². The highest BCUT2D eigenvalue weighted by atomic mass is 28.5. The average Bonchev–Trinajstić information content (AvgIpc) is 2.22. The van der Waals surface area contributed by atoms with Crippen LogP contribution in [0.4, 0.5) is 0 Å². The van der Waals surface area contributed by atoms with E-state index in [-0.39, 0.29) is 0 Å². The van der Waals surface area contributed by atoms with Crippen molar-refractivity contribution in [3.63, 3.8) is 0 Å². The second kappa shape index (κ2) is 9.62. The number of unbranched alkanes of at least 4 members (excludes halogenated alkanes) is 4. The molecular weight excluding hydrogens is 310 g/mol. The van der Waals surface area contributed by atoms with E-state index in [0.717, 1.165) is 6.54 Å². The Balaban J connectivity index is 3.97. The van der Waals surface area contributed by atoms with Gasteiger partial charge in [-0.3, -0.25) is 0 Å². The molecule has 0 unspecified atom stereocenters. The smallest absolute Gasteiger partial charge is 0.311 e. The van der Waals surface area contributed by atoms with Gasteiger partial charge in [0.2, 0.25) is 0 Å². The summed E-state index contributed by atoms with van der Waals surface area (Å²) < 4.78 is 12.8. The molecule has 0 atom stereocenters. The number of hydrogen-bond acceptors (Lipinski definition) is 3. The minimum atomic E-state index is -1.95. The van der Waals surface area contributed by atoms with Gasteiger partial charge in [-0.2, -0.15) is 0 Å². The first-order valence-corrected chi connectivity index (χ1v) is 17.9. The van der Waals surface area contributed by atoms with Gasteiger partial charge < -0.3 is 13.5 Å². The Morgan fingerprint density at radius 3 is 1.76 bits per heavy atom. The molecule has 0 rings (SSSR count). The van der Waals surface area contributed by atoms with Gasteiger partial charge in [0.05, 0.1) is 0 Å². The van der Waals surface area contributed by atoms with Crippen LogP contribution in [0.1, 0.15) is 32.1 Å². The topological polar surface area (TPSA) is 30.5 Å². The lowest BCUT2D eigenvalue weighted by Gasteiger charge is -2.37. The van der Waals surface area contributed by atoms with Crippen LogP contribution in [0.25, 0.3) is 0 Å². The number of rotatable bonds is 12. The van der Waals surface area contributed by atoms with E-state index in [0.29, 0.717) is 0 Å². The molecule has 0 radical (unpaired) electrons. The summed E-state index contributed by atoms with van der Waals surface area (Å²) in [7, 11) is -2.98. The highest BCUT2D eigenvalue weighted by molar-refractivity contribution is 6.87. The standard InChI is InChI=1S/C15H39NO2Si3/c1-16-14-12-10-9-11-13-15-20(5,6)18-21(7,8)17-19(2,3)4/h16H,9-15H2,1-8H3. The Morgan fingerprint density at radius 2 is 1.24 bits per heavy atom. The summed E-state index contributed by atoms with van der Waals surface area (Å²) in [6.45, 7) is 17.1. The SMILES string of the molecule is CNCCCCCCC[Si](C)(C)O[Si](C)(C)O[Si](C)(C)C. The van der Waals surface area contributed by atoms with Gasteiger partial charge in [0.15, 0.2) is 16.6 Å². The van der Waals surface area contributed by atoms with Crippen molar-refractivity contribution < 1.29 is 8.23 Å². The molecule has 1 N–H and O–H groups in total. The molecular formula is C15H39NO2Si3. The molecule has 0 saturated carbocycles. The molecule has 0 bridgehead atoms. The van der Waals surface area contributed by atoms with Crippen LogP contribution in [0.15, 0.2) is 0 Å². The normalized spacial score (nSPS) is 13.7. The molecule has 3 nitrogen and oxygen atoms in total. The first-order valence-electron chi connectivity index (χ1n) is 8.52. The van der Waals surface area contributed by atoms with Gasteiger partial charge >= 0.3 is 8.56 Å². The van der Waals surface area contributed by atoms with E-state index < -0.39 is 25.2 Å². The highest BCUT2D eigenvalue weighted by Gasteiger charge is 2.37. The molecule has 0 aliphatic rings. The maximum Gasteiger partial charge on any atom is 0.311 e. The Labute approximate surface area is 136 Å². The summed E-state index contributed by atoms with van der Waals surface area (Å²) in [5.41, 5.74) is 0. The summed E-state index contributed by atoms with van der Waals surface area (Å²) in [4.78, 5) is 0. The first-order chi connectivity index (χ1) is 9.47. The molecule has 0 aromatic carbocycles. The van der Waals surface area contributed by atoms with E-state index in [1.165, 1.54) is 38.1 Å². The lowest BCUT2D eigenvalue weighted by molar-refractivity contribution is 0.390. The van der Waals surface area contributed by atoms with Crippen LogP contribution in [-0.4, -0.2) is 38.8 Å². The second-order valence-electron chi connectivity index (χ2n) is 8.10. The predicted octanol–water partition coefficient (Wildman–Crippen LogP) is 4.93. The van der Waals surface area contributed by atoms with E-state index in [1.807, 2.05) is 7.05 Å².